The Hall–Kier alpha value is -4.77. The molecular formula is C54H88O21. The van der Waals surface area contributed by atoms with Crippen molar-refractivity contribution in [2.75, 3.05) is 0 Å². The highest BCUT2D eigenvalue weighted by Gasteiger charge is 2.37. The Morgan fingerprint density at radius 2 is 0.907 bits per heavy atom. The zero-order chi connectivity index (χ0) is 57.6. The number of carboxylic acid groups (broad SMARTS) is 7. The van der Waals surface area contributed by atoms with Gasteiger partial charge in [0.15, 0.2) is 0 Å². The topological polar surface area (TPSA) is 403 Å². The van der Waals surface area contributed by atoms with Crippen LogP contribution < -0.4 is 0 Å². The minimum Gasteiger partial charge on any atom is -0.481 e. The Kier molecular flexibility index (Phi) is 30.4. The van der Waals surface area contributed by atoms with Crippen molar-refractivity contribution in [1.82, 2.24) is 0 Å². The number of hydrogen-bond acceptors (Lipinski definition) is 14. The van der Waals surface area contributed by atoms with Crippen LogP contribution in [0.25, 0.3) is 0 Å². The van der Waals surface area contributed by atoms with Gasteiger partial charge in [-0.15, -0.1) is 0 Å². The van der Waals surface area contributed by atoms with E-state index in [1.165, 1.54) is 12.5 Å². The Labute approximate surface area is 439 Å². The smallest absolute Gasteiger partial charge is 0.331 e. The van der Waals surface area contributed by atoms with Gasteiger partial charge in [0.1, 0.15) is 0 Å². The first-order chi connectivity index (χ1) is 34.8. The van der Waals surface area contributed by atoms with Crippen LogP contribution in [0, 0.1) is 71.0 Å². The van der Waals surface area contributed by atoms with Gasteiger partial charge in [-0.3, -0.25) is 24.0 Å². The lowest BCUT2D eigenvalue weighted by molar-refractivity contribution is -0.148. The summed E-state index contributed by atoms with van der Waals surface area (Å²) in [5.74, 6) is -5.76. The zero-order valence-corrected chi connectivity index (χ0v) is 44.5. The largest absolute Gasteiger partial charge is 0.481 e. The van der Waals surface area contributed by atoms with Gasteiger partial charge in [-0.05, 0) is 113 Å². The molecular weight excluding hydrogens is 985 g/mol. The fourth-order valence-electron chi connectivity index (χ4n) is 10.0. The van der Waals surface area contributed by atoms with E-state index < -0.39 is 90.2 Å². The average molecular weight is 1070 g/mol. The first-order valence-corrected chi connectivity index (χ1v) is 26.2. The molecule has 0 aromatic rings. The van der Waals surface area contributed by atoms with Crippen LogP contribution in [0.3, 0.4) is 0 Å². The van der Waals surface area contributed by atoms with Crippen molar-refractivity contribution in [3.05, 3.63) is 35.5 Å². The van der Waals surface area contributed by atoms with Gasteiger partial charge in [0, 0.05) is 23.5 Å². The van der Waals surface area contributed by atoms with Crippen LogP contribution in [0.4, 0.5) is 0 Å². The van der Waals surface area contributed by atoms with Crippen LogP contribution in [0.15, 0.2) is 35.5 Å². The van der Waals surface area contributed by atoms with E-state index in [2.05, 4.69) is 13.8 Å². The van der Waals surface area contributed by atoms with Crippen molar-refractivity contribution in [2.24, 2.45) is 71.0 Å². The molecule has 7 rings (SSSR count). The monoisotopic (exact) mass is 1070 g/mol. The molecule has 7 aliphatic carbocycles. The third-order valence-electron chi connectivity index (χ3n) is 15.3. The van der Waals surface area contributed by atoms with E-state index in [9.17, 15) is 64.2 Å². The molecule has 19 atom stereocenters. The van der Waals surface area contributed by atoms with E-state index >= 15 is 0 Å². The molecule has 21 heteroatoms. The van der Waals surface area contributed by atoms with Crippen LogP contribution in [-0.4, -0.2) is 156 Å². The maximum atomic E-state index is 10.6. The molecule has 4 saturated carbocycles. The van der Waals surface area contributed by atoms with Crippen molar-refractivity contribution >= 4 is 41.8 Å². The van der Waals surface area contributed by atoms with Gasteiger partial charge in [0.05, 0.1) is 72.3 Å². The predicted octanol–water partition coefficient (Wildman–Crippen LogP) is 4.91. The quantitative estimate of drug-likeness (QED) is 0.151. The van der Waals surface area contributed by atoms with Crippen LogP contribution in [0.2, 0.25) is 0 Å². The van der Waals surface area contributed by atoms with E-state index in [0.717, 1.165) is 38.5 Å². The third kappa shape index (κ3) is 24.8. The van der Waals surface area contributed by atoms with E-state index in [1.54, 1.807) is 32.1 Å². The van der Waals surface area contributed by atoms with Crippen molar-refractivity contribution < 1.29 is 105 Å². The highest BCUT2D eigenvalue weighted by Crippen LogP contribution is 2.33. The molecule has 0 saturated heterocycles. The first-order valence-electron chi connectivity index (χ1n) is 26.2. The van der Waals surface area contributed by atoms with Gasteiger partial charge < -0.3 is 71.5 Å². The molecule has 0 aliphatic heterocycles. The summed E-state index contributed by atoms with van der Waals surface area (Å²) in [6.07, 6.45) is 11.7. The Bertz CT molecular complexity index is 1890. The zero-order valence-electron chi connectivity index (χ0n) is 44.5. The molecule has 0 aromatic heterocycles. The predicted molar refractivity (Wildman–Crippen MR) is 272 cm³/mol. The number of carbonyl (C=O) groups is 7. The second kappa shape index (κ2) is 33.4. The number of carboxylic acids is 7. The number of aliphatic hydroxyl groups excluding tert-OH is 7. The maximum absolute atomic E-state index is 10.6. The summed E-state index contributed by atoms with van der Waals surface area (Å²) >= 11 is 0. The lowest BCUT2D eigenvalue weighted by Crippen LogP contribution is -2.41. The molecule has 75 heavy (non-hydrogen) atoms. The molecule has 21 nitrogen and oxygen atoms in total. The normalized spacial score (nSPS) is 36.6. The molecule has 7 aliphatic rings. The van der Waals surface area contributed by atoms with E-state index in [0.29, 0.717) is 55.9 Å². The van der Waals surface area contributed by atoms with Crippen molar-refractivity contribution in [2.45, 2.75) is 188 Å². The molecule has 0 bridgehead atoms. The summed E-state index contributed by atoms with van der Waals surface area (Å²) in [4.78, 5) is 73.2. The first kappa shape index (κ1) is 68.2. The Morgan fingerprint density at radius 3 is 1.28 bits per heavy atom. The summed E-state index contributed by atoms with van der Waals surface area (Å²) in [6.45, 7) is 13.3. The standard InChI is InChI=1S/C8H14O4.C8H12O4.2C8H12O3.C8H14O2.C7H12O3.C7H12O2/c2*1-4-2-5(8(11)12)3-6(9)7(4)10;2*1-5-4-6(8(10)11)2-3-7(5)9;1-6-3-2-4-7(5-6)8(9)10;1-4-2-5(7(9)10)3-6(4)8;1-5-2-3-6(4-5)7(8)9/h4-7,9-10H,2-3H2,1H3,(H,11,12);2,4,6-7,9-10H,3H2,1H3,(H,11,12);2,5,7,9H,3-4H2,1H3,(H,10,11);2-3,5-7,9H,4H2,1H3,(H,10,11);6-7H,2-5H2,1H3,(H,9,10);4-6,8H,2-3H2,1H3,(H,9,10);5-6H,2-4H2,1H3,(H,8,9). The van der Waals surface area contributed by atoms with Crippen LogP contribution >= 0.6 is 0 Å². The molecule has 0 aromatic carbocycles. The second-order valence-corrected chi connectivity index (χ2v) is 22.0. The molecule has 0 heterocycles. The summed E-state index contributed by atoms with van der Waals surface area (Å²) in [7, 11) is 0. The second-order valence-electron chi connectivity index (χ2n) is 22.0. The van der Waals surface area contributed by atoms with Crippen molar-refractivity contribution in [1.29, 1.82) is 0 Å². The highest BCUT2D eigenvalue weighted by atomic mass is 16.4. The lowest BCUT2D eigenvalue weighted by atomic mass is 9.79. The van der Waals surface area contributed by atoms with Crippen LogP contribution in [0.5, 0.6) is 0 Å². The van der Waals surface area contributed by atoms with Crippen LogP contribution in [-0.2, 0) is 33.6 Å². The van der Waals surface area contributed by atoms with E-state index in [1.807, 2.05) is 20.8 Å². The average Bonchev–Trinajstić information content (AvgIpc) is 3.93. The van der Waals surface area contributed by atoms with E-state index in [-0.39, 0.29) is 71.9 Å². The van der Waals surface area contributed by atoms with Gasteiger partial charge in [-0.2, -0.15) is 0 Å². The number of hydrogen-bond donors (Lipinski definition) is 14. The summed E-state index contributed by atoms with van der Waals surface area (Å²) < 4.78 is 0. The summed E-state index contributed by atoms with van der Waals surface area (Å²) in [6, 6.07) is 0. The van der Waals surface area contributed by atoms with Gasteiger partial charge in [0.2, 0.25) is 0 Å². The van der Waals surface area contributed by atoms with Crippen molar-refractivity contribution in [3.63, 3.8) is 0 Å². The molecule has 0 radical (unpaired) electrons. The lowest BCUT2D eigenvalue weighted by Gasteiger charge is -2.32. The molecule has 0 amide bonds. The maximum Gasteiger partial charge on any atom is 0.331 e. The SMILES string of the molecule is CC1C=C(C(=O)O)CC(O)C1O.CC1CC(C(=O)O)=CCC1O.CC1CC(C(=O)O)C=CC1O.CC1CC(C(=O)O)CC(O)C1O.CC1CC(C(=O)O)CC1O.CC1CCC(C(=O)O)C1.CC1CCCC(C(=O)O)C1. The molecule has 430 valence electrons. The Morgan fingerprint density at radius 1 is 0.413 bits per heavy atom. The highest BCUT2D eigenvalue weighted by molar-refractivity contribution is 5.87. The minimum atomic E-state index is -1.02. The Balaban J connectivity index is 0.000000438. The van der Waals surface area contributed by atoms with Gasteiger partial charge in [0.25, 0.3) is 0 Å². The number of rotatable bonds is 7. The molecule has 0 spiro atoms. The number of aliphatic hydroxyl groups is 7. The van der Waals surface area contributed by atoms with E-state index in [4.69, 9.17) is 40.9 Å². The minimum absolute atomic E-state index is 0.0286. The van der Waals surface area contributed by atoms with Gasteiger partial charge >= 0.3 is 41.8 Å². The summed E-state index contributed by atoms with van der Waals surface area (Å²) in [5.41, 5.74) is 0.614. The van der Waals surface area contributed by atoms with Crippen molar-refractivity contribution in [3.8, 4) is 0 Å². The fraction of sp³-hybridized carbons (Fsp3) is 0.759. The third-order valence-corrected chi connectivity index (χ3v) is 15.3. The van der Waals surface area contributed by atoms with Gasteiger partial charge in [-0.1, -0.05) is 85.6 Å². The molecule has 14 N–H and O–H groups in total. The molecule has 19 unspecified atom stereocenters. The molecule has 4 fully saturated rings. The summed E-state index contributed by atoms with van der Waals surface area (Å²) in [5, 5.41) is 125. The number of aliphatic carboxylic acids is 7. The fourth-order valence-corrected chi connectivity index (χ4v) is 10.0. The van der Waals surface area contributed by atoms with Crippen LogP contribution in [0.1, 0.15) is 145 Å². The van der Waals surface area contributed by atoms with Gasteiger partial charge in [-0.25, -0.2) is 9.59 Å².